The molecule has 4 heteroatoms. The molecule has 16 heavy (non-hydrogen) atoms. The van der Waals surface area contributed by atoms with Crippen LogP contribution in [0.1, 0.15) is 26.2 Å². The molecule has 2 unspecified atom stereocenters. The summed E-state index contributed by atoms with van der Waals surface area (Å²) < 4.78 is 17.6. The van der Waals surface area contributed by atoms with Gasteiger partial charge in [-0.25, -0.2) is 0 Å². The lowest BCUT2D eigenvalue weighted by molar-refractivity contribution is -0.181. The van der Waals surface area contributed by atoms with Crippen LogP contribution in [-0.2, 0) is 14.2 Å². The van der Waals surface area contributed by atoms with Gasteiger partial charge in [0, 0.05) is 39.1 Å². The molecule has 1 N–H and O–H groups in total. The molecule has 0 aromatic carbocycles. The summed E-state index contributed by atoms with van der Waals surface area (Å²) in [7, 11) is 0. The summed E-state index contributed by atoms with van der Waals surface area (Å²) in [5.41, 5.74) is 0.0269. The molecule has 3 fully saturated rings. The minimum Gasteiger partial charge on any atom is -0.378 e. The van der Waals surface area contributed by atoms with E-state index < -0.39 is 0 Å². The molecule has 2 atom stereocenters. The van der Waals surface area contributed by atoms with Crippen molar-refractivity contribution < 1.29 is 14.2 Å². The fourth-order valence-electron chi connectivity index (χ4n) is 2.91. The average Bonchev–Trinajstić information content (AvgIpc) is 2.64. The number of hydrogen-bond donors (Lipinski definition) is 1. The van der Waals surface area contributed by atoms with Crippen molar-refractivity contribution >= 4 is 0 Å². The number of hydrogen-bond acceptors (Lipinski definition) is 4. The zero-order valence-electron chi connectivity index (χ0n) is 9.96. The maximum absolute atomic E-state index is 6.20. The largest absolute Gasteiger partial charge is 0.378 e. The highest BCUT2D eigenvalue weighted by molar-refractivity contribution is 4.95. The lowest BCUT2D eigenvalue weighted by Gasteiger charge is -2.45. The SMILES string of the molecule is CC1(OC2CCOC3(CCOC3)C2)CNC1. The summed E-state index contributed by atoms with van der Waals surface area (Å²) in [5, 5.41) is 3.27. The molecule has 0 bridgehead atoms. The highest BCUT2D eigenvalue weighted by atomic mass is 16.6. The van der Waals surface area contributed by atoms with Gasteiger partial charge in [0.15, 0.2) is 0 Å². The molecule has 0 aromatic rings. The van der Waals surface area contributed by atoms with E-state index in [1.54, 1.807) is 0 Å². The van der Waals surface area contributed by atoms with Gasteiger partial charge in [-0.1, -0.05) is 0 Å². The Bertz CT molecular complexity index is 259. The zero-order chi connectivity index (χ0) is 11.1. The molecule has 3 heterocycles. The smallest absolute Gasteiger partial charge is 0.0961 e. The normalized spacial score (nSPS) is 42.2. The van der Waals surface area contributed by atoms with Gasteiger partial charge in [0.25, 0.3) is 0 Å². The first-order valence-electron chi connectivity index (χ1n) is 6.30. The Kier molecular flexibility index (Phi) is 2.70. The van der Waals surface area contributed by atoms with Crippen LogP contribution in [0.2, 0.25) is 0 Å². The van der Waals surface area contributed by atoms with Crippen LogP contribution in [0.25, 0.3) is 0 Å². The summed E-state index contributed by atoms with van der Waals surface area (Å²) in [5.74, 6) is 0. The molecule has 3 rings (SSSR count). The van der Waals surface area contributed by atoms with Crippen LogP contribution in [0.4, 0.5) is 0 Å². The molecule has 3 aliphatic heterocycles. The van der Waals surface area contributed by atoms with Crippen LogP contribution < -0.4 is 5.32 Å². The summed E-state index contributed by atoms with van der Waals surface area (Å²) in [4.78, 5) is 0. The van der Waals surface area contributed by atoms with Crippen molar-refractivity contribution in [3.8, 4) is 0 Å². The second-order valence-corrected chi connectivity index (χ2v) is 5.62. The van der Waals surface area contributed by atoms with Crippen molar-refractivity contribution in [1.82, 2.24) is 5.32 Å². The van der Waals surface area contributed by atoms with Crippen molar-refractivity contribution in [3.63, 3.8) is 0 Å². The first-order valence-corrected chi connectivity index (χ1v) is 6.30. The fraction of sp³-hybridized carbons (Fsp3) is 1.00. The monoisotopic (exact) mass is 227 g/mol. The summed E-state index contributed by atoms with van der Waals surface area (Å²) in [6, 6.07) is 0. The molecular weight excluding hydrogens is 206 g/mol. The Morgan fingerprint density at radius 3 is 2.81 bits per heavy atom. The van der Waals surface area contributed by atoms with Gasteiger partial charge in [0.05, 0.1) is 23.9 Å². The molecule has 3 saturated heterocycles. The Morgan fingerprint density at radius 2 is 2.19 bits per heavy atom. The second-order valence-electron chi connectivity index (χ2n) is 5.62. The van der Waals surface area contributed by atoms with Crippen molar-refractivity contribution in [1.29, 1.82) is 0 Å². The van der Waals surface area contributed by atoms with Crippen LogP contribution in [0, 0.1) is 0 Å². The van der Waals surface area contributed by atoms with E-state index in [1.165, 1.54) is 0 Å². The summed E-state index contributed by atoms with van der Waals surface area (Å²) in [6.45, 7) is 6.56. The number of nitrogens with one attached hydrogen (secondary N) is 1. The Balaban J connectivity index is 1.59. The number of ether oxygens (including phenoxy) is 3. The minimum atomic E-state index is -0.0313. The van der Waals surface area contributed by atoms with Gasteiger partial charge in [-0.05, 0) is 13.3 Å². The van der Waals surface area contributed by atoms with Gasteiger partial charge >= 0.3 is 0 Å². The van der Waals surface area contributed by atoms with Crippen LogP contribution in [0.3, 0.4) is 0 Å². The third-order valence-electron chi connectivity index (χ3n) is 3.96. The van der Waals surface area contributed by atoms with Crippen LogP contribution in [-0.4, -0.2) is 50.2 Å². The quantitative estimate of drug-likeness (QED) is 0.754. The predicted octanol–water partition coefficient (Wildman–Crippen LogP) is 0.703. The summed E-state index contributed by atoms with van der Waals surface area (Å²) in [6.07, 6.45) is 3.41. The fourth-order valence-corrected chi connectivity index (χ4v) is 2.91. The van der Waals surface area contributed by atoms with E-state index in [-0.39, 0.29) is 11.2 Å². The maximum Gasteiger partial charge on any atom is 0.0961 e. The topological polar surface area (TPSA) is 39.7 Å². The molecule has 0 aliphatic carbocycles. The van der Waals surface area contributed by atoms with E-state index in [9.17, 15) is 0 Å². The van der Waals surface area contributed by atoms with Crippen molar-refractivity contribution in [3.05, 3.63) is 0 Å². The number of rotatable bonds is 2. The minimum absolute atomic E-state index is 0.0313. The molecular formula is C12H21NO3. The molecule has 4 nitrogen and oxygen atoms in total. The first-order chi connectivity index (χ1) is 7.70. The standard InChI is InChI=1S/C12H21NO3/c1-11(7-13-8-11)16-10-2-4-15-12(6-10)3-5-14-9-12/h10,13H,2-9H2,1H3. The Morgan fingerprint density at radius 1 is 1.31 bits per heavy atom. The highest BCUT2D eigenvalue weighted by Gasteiger charge is 2.44. The molecule has 0 saturated carbocycles. The van der Waals surface area contributed by atoms with Crippen LogP contribution >= 0.6 is 0 Å². The average molecular weight is 227 g/mol. The lowest BCUT2D eigenvalue weighted by Crippen LogP contribution is -2.61. The summed E-state index contributed by atoms with van der Waals surface area (Å²) >= 11 is 0. The third-order valence-corrected chi connectivity index (χ3v) is 3.96. The van der Waals surface area contributed by atoms with Crippen molar-refractivity contribution in [2.45, 2.75) is 43.5 Å². The van der Waals surface area contributed by atoms with Crippen molar-refractivity contribution in [2.24, 2.45) is 0 Å². The van der Waals surface area contributed by atoms with E-state index in [0.717, 1.165) is 52.2 Å². The molecule has 0 amide bonds. The molecule has 3 aliphatic rings. The van der Waals surface area contributed by atoms with Gasteiger partial charge in [0.1, 0.15) is 0 Å². The molecule has 1 spiro atoms. The van der Waals surface area contributed by atoms with Crippen LogP contribution in [0.15, 0.2) is 0 Å². The Labute approximate surface area is 96.6 Å². The Hall–Kier alpha value is -0.160. The third kappa shape index (κ3) is 1.99. The van der Waals surface area contributed by atoms with Gasteiger partial charge in [-0.2, -0.15) is 0 Å². The van der Waals surface area contributed by atoms with Gasteiger partial charge in [-0.15, -0.1) is 0 Å². The van der Waals surface area contributed by atoms with Crippen molar-refractivity contribution in [2.75, 3.05) is 32.9 Å². The second kappa shape index (κ2) is 3.95. The van der Waals surface area contributed by atoms with E-state index in [2.05, 4.69) is 12.2 Å². The van der Waals surface area contributed by atoms with Gasteiger partial charge in [-0.3, -0.25) is 0 Å². The van der Waals surface area contributed by atoms with E-state index in [4.69, 9.17) is 14.2 Å². The predicted molar refractivity (Wildman–Crippen MR) is 59.5 cm³/mol. The van der Waals surface area contributed by atoms with E-state index in [1.807, 2.05) is 0 Å². The van der Waals surface area contributed by atoms with Crippen LogP contribution in [0.5, 0.6) is 0 Å². The zero-order valence-corrected chi connectivity index (χ0v) is 9.96. The highest BCUT2D eigenvalue weighted by Crippen LogP contribution is 2.35. The molecule has 0 radical (unpaired) electrons. The molecule has 92 valence electrons. The van der Waals surface area contributed by atoms with E-state index in [0.29, 0.717) is 6.10 Å². The lowest BCUT2D eigenvalue weighted by atomic mass is 9.90. The van der Waals surface area contributed by atoms with Gasteiger partial charge < -0.3 is 19.5 Å². The van der Waals surface area contributed by atoms with Gasteiger partial charge in [0.2, 0.25) is 0 Å². The van der Waals surface area contributed by atoms with E-state index >= 15 is 0 Å². The first kappa shape index (κ1) is 11.0. The maximum atomic E-state index is 6.20. The molecule has 0 aromatic heterocycles.